The quantitative estimate of drug-likeness (QED) is 0.448. The van der Waals surface area contributed by atoms with Gasteiger partial charge in [-0.2, -0.15) is 0 Å². The fourth-order valence-corrected chi connectivity index (χ4v) is 3.21. The Labute approximate surface area is 140 Å². The first-order valence-electron chi connectivity index (χ1n) is 9.02. The van der Waals surface area contributed by atoms with Gasteiger partial charge in [-0.05, 0) is 61.2 Å². The van der Waals surface area contributed by atoms with Crippen LogP contribution in [0.3, 0.4) is 0 Å². The summed E-state index contributed by atoms with van der Waals surface area (Å²) >= 11 is 0. The molecule has 2 saturated carbocycles. The monoisotopic (exact) mass is 324 g/mol. The number of hydrogen-bond acceptors (Lipinski definition) is 4. The molecule has 0 aromatic rings. The van der Waals surface area contributed by atoms with E-state index in [2.05, 4.69) is 27.7 Å². The lowest BCUT2D eigenvalue weighted by Crippen LogP contribution is -2.21. The highest BCUT2D eigenvalue weighted by Crippen LogP contribution is 2.47. The third-order valence-corrected chi connectivity index (χ3v) is 5.67. The van der Waals surface area contributed by atoms with E-state index in [0.717, 1.165) is 24.7 Å². The minimum Gasteiger partial charge on any atom is -0.465 e. The standard InChI is InChI=1S/C19H32O4/c1-18(2,14-5-6-14)9-11-22-16(20)13-17(21)23-12-10-19(3,4)15-7-8-15/h14-15H,5-13H2,1-4H3. The maximum Gasteiger partial charge on any atom is 0.317 e. The zero-order chi connectivity index (χ0) is 17.1. The largest absolute Gasteiger partial charge is 0.465 e. The molecular weight excluding hydrogens is 292 g/mol. The molecule has 0 atom stereocenters. The Hall–Kier alpha value is -1.06. The van der Waals surface area contributed by atoms with Crippen LogP contribution in [0, 0.1) is 22.7 Å². The Balaban J connectivity index is 1.54. The molecule has 0 radical (unpaired) electrons. The Kier molecular flexibility index (Phi) is 5.74. The SMILES string of the molecule is CC(C)(CCOC(=O)CC(=O)OCCC(C)(C)C1CC1)C1CC1. The van der Waals surface area contributed by atoms with E-state index in [9.17, 15) is 9.59 Å². The molecule has 2 aliphatic rings. The van der Waals surface area contributed by atoms with Gasteiger partial charge in [0.25, 0.3) is 0 Å². The molecule has 0 saturated heterocycles. The average Bonchev–Trinajstić information content (AvgIpc) is 3.29. The van der Waals surface area contributed by atoms with Gasteiger partial charge in [0, 0.05) is 0 Å². The van der Waals surface area contributed by atoms with E-state index < -0.39 is 11.9 Å². The normalized spacial score (nSPS) is 18.6. The van der Waals surface area contributed by atoms with Crippen LogP contribution in [-0.2, 0) is 19.1 Å². The van der Waals surface area contributed by atoms with Gasteiger partial charge in [-0.3, -0.25) is 9.59 Å². The molecule has 0 bridgehead atoms. The molecule has 0 spiro atoms. The molecule has 4 heteroatoms. The molecule has 2 fully saturated rings. The van der Waals surface area contributed by atoms with Crippen LogP contribution in [0.4, 0.5) is 0 Å². The molecule has 23 heavy (non-hydrogen) atoms. The van der Waals surface area contributed by atoms with E-state index in [0.29, 0.717) is 13.2 Å². The lowest BCUT2D eigenvalue weighted by Gasteiger charge is -2.24. The smallest absolute Gasteiger partial charge is 0.317 e. The number of ether oxygens (including phenoxy) is 2. The van der Waals surface area contributed by atoms with E-state index in [1.54, 1.807) is 0 Å². The van der Waals surface area contributed by atoms with Crippen molar-refractivity contribution in [3.05, 3.63) is 0 Å². The van der Waals surface area contributed by atoms with E-state index in [4.69, 9.17) is 9.47 Å². The first-order valence-corrected chi connectivity index (χ1v) is 9.02. The molecule has 0 unspecified atom stereocenters. The Bertz CT molecular complexity index is 391. The molecule has 4 nitrogen and oxygen atoms in total. The summed E-state index contributed by atoms with van der Waals surface area (Å²) < 4.78 is 10.4. The van der Waals surface area contributed by atoms with E-state index >= 15 is 0 Å². The first kappa shape index (κ1) is 18.3. The number of carbonyl (C=O) groups is 2. The maximum atomic E-state index is 11.7. The number of hydrogen-bond donors (Lipinski definition) is 0. The summed E-state index contributed by atoms with van der Waals surface area (Å²) in [6, 6.07) is 0. The van der Waals surface area contributed by atoms with Crippen molar-refractivity contribution in [2.45, 2.75) is 72.6 Å². The topological polar surface area (TPSA) is 52.6 Å². The van der Waals surface area contributed by atoms with Crippen molar-refractivity contribution in [1.29, 1.82) is 0 Å². The van der Waals surface area contributed by atoms with E-state index in [1.807, 2.05) is 0 Å². The maximum absolute atomic E-state index is 11.7. The van der Waals surface area contributed by atoms with Crippen LogP contribution in [0.15, 0.2) is 0 Å². The highest BCUT2D eigenvalue weighted by Gasteiger charge is 2.38. The van der Waals surface area contributed by atoms with Gasteiger partial charge in [-0.15, -0.1) is 0 Å². The molecule has 0 heterocycles. The van der Waals surface area contributed by atoms with Crippen LogP contribution in [0.2, 0.25) is 0 Å². The van der Waals surface area contributed by atoms with Crippen LogP contribution < -0.4 is 0 Å². The highest BCUT2D eigenvalue weighted by atomic mass is 16.6. The Morgan fingerprint density at radius 3 is 1.43 bits per heavy atom. The summed E-state index contributed by atoms with van der Waals surface area (Å²) in [7, 11) is 0. The summed E-state index contributed by atoms with van der Waals surface area (Å²) in [4.78, 5) is 23.4. The second-order valence-electron chi connectivity index (χ2n) is 8.64. The molecule has 0 aromatic heterocycles. The summed E-state index contributed by atoms with van der Waals surface area (Å²) in [5.41, 5.74) is 0.463. The summed E-state index contributed by atoms with van der Waals surface area (Å²) in [6.45, 7) is 9.65. The molecule has 0 amide bonds. The summed E-state index contributed by atoms with van der Waals surface area (Å²) in [6.07, 6.45) is 6.57. The minimum atomic E-state index is -0.469. The lowest BCUT2D eigenvalue weighted by molar-refractivity contribution is -0.155. The van der Waals surface area contributed by atoms with Crippen molar-refractivity contribution in [2.75, 3.05) is 13.2 Å². The summed E-state index contributed by atoms with van der Waals surface area (Å²) in [5.74, 6) is 0.591. The predicted molar refractivity (Wildman–Crippen MR) is 88.8 cm³/mol. The zero-order valence-corrected chi connectivity index (χ0v) is 15.2. The average molecular weight is 324 g/mol. The molecule has 2 rings (SSSR count). The fraction of sp³-hybridized carbons (Fsp3) is 0.895. The van der Waals surface area contributed by atoms with Crippen LogP contribution in [0.5, 0.6) is 0 Å². The molecule has 132 valence electrons. The van der Waals surface area contributed by atoms with Crippen molar-refractivity contribution < 1.29 is 19.1 Å². The van der Waals surface area contributed by atoms with Gasteiger partial charge in [0.05, 0.1) is 13.2 Å². The number of rotatable bonds is 10. The van der Waals surface area contributed by atoms with Crippen molar-refractivity contribution in [1.82, 2.24) is 0 Å². The van der Waals surface area contributed by atoms with Crippen LogP contribution >= 0.6 is 0 Å². The van der Waals surface area contributed by atoms with Gasteiger partial charge < -0.3 is 9.47 Å². The van der Waals surface area contributed by atoms with Crippen LogP contribution in [0.25, 0.3) is 0 Å². The summed E-state index contributed by atoms with van der Waals surface area (Å²) in [5, 5.41) is 0. The lowest BCUT2D eigenvalue weighted by atomic mass is 9.84. The second kappa shape index (κ2) is 7.23. The van der Waals surface area contributed by atoms with Gasteiger partial charge in [0.15, 0.2) is 0 Å². The van der Waals surface area contributed by atoms with Crippen molar-refractivity contribution >= 4 is 11.9 Å². The first-order chi connectivity index (χ1) is 10.7. The Morgan fingerprint density at radius 2 is 1.13 bits per heavy atom. The molecule has 0 aliphatic heterocycles. The van der Waals surface area contributed by atoms with Gasteiger partial charge in [0.1, 0.15) is 6.42 Å². The van der Waals surface area contributed by atoms with Gasteiger partial charge in [-0.1, -0.05) is 27.7 Å². The number of carbonyl (C=O) groups excluding carboxylic acids is 2. The Morgan fingerprint density at radius 1 is 0.783 bits per heavy atom. The van der Waals surface area contributed by atoms with Crippen LogP contribution in [-0.4, -0.2) is 25.2 Å². The number of esters is 2. The highest BCUT2D eigenvalue weighted by molar-refractivity contribution is 5.91. The van der Waals surface area contributed by atoms with E-state index in [1.165, 1.54) is 25.7 Å². The third-order valence-electron chi connectivity index (χ3n) is 5.67. The zero-order valence-electron chi connectivity index (χ0n) is 15.2. The van der Waals surface area contributed by atoms with Gasteiger partial charge in [0.2, 0.25) is 0 Å². The molecule has 0 aromatic carbocycles. The van der Waals surface area contributed by atoms with Crippen molar-refractivity contribution in [3.63, 3.8) is 0 Å². The minimum absolute atomic E-state index is 0.231. The predicted octanol–water partition coefficient (Wildman–Crippen LogP) is 4.12. The van der Waals surface area contributed by atoms with Gasteiger partial charge in [-0.25, -0.2) is 0 Å². The molecular formula is C19H32O4. The molecule has 0 N–H and O–H groups in total. The van der Waals surface area contributed by atoms with Crippen LogP contribution in [0.1, 0.15) is 72.6 Å². The molecule has 2 aliphatic carbocycles. The fourth-order valence-electron chi connectivity index (χ4n) is 3.21. The third kappa shape index (κ3) is 6.15. The van der Waals surface area contributed by atoms with Gasteiger partial charge >= 0.3 is 11.9 Å². The second-order valence-corrected chi connectivity index (χ2v) is 8.64. The van der Waals surface area contributed by atoms with Crippen molar-refractivity contribution in [3.8, 4) is 0 Å². The van der Waals surface area contributed by atoms with Crippen molar-refractivity contribution in [2.24, 2.45) is 22.7 Å². The van der Waals surface area contributed by atoms with E-state index in [-0.39, 0.29) is 17.3 Å².